The maximum Gasteiger partial charge on any atom is 0.251 e. The number of likely N-dealkylation sites (tertiary alicyclic amines) is 1. The number of fused-ring (bicyclic) bond motifs is 5. The summed E-state index contributed by atoms with van der Waals surface area (Å²) in [6.45, 7) is 17.6. The normalized spacial score (nSPS) is 22.5. The molecular weight excluding hydrogens is 738 g/mol. The Kier molecular flexibility index (Phi) is 10.3. The first kappa shape index (κ1) is 39.2. The van der Waals surface area contributed by atoms with Gasteiger partial charge in [0.05, 0.1) is 17.8 Å². The second kappa shape index (κ2) is 14.5. The number of ether oxygens (including phenoxy) is 1. The minimum atomic E-state index is -2.28. The second-order valence-corrected chi connectivity index (χ2v) is 22.3. The molecular formula is C42H51ClF2N6O3Si. The number of rotatable bonds is 5. The zero-order valence-electron chi connectivity index (χ0n) is 32.8. The summed E-state index contributed by atoms with van der Waals surface area (Å²) in [6.07, 6.45) is 3.22. The van der Waals surface area contributed by atoms with Crippen LogP contribution in [0, 0.1) is 23.1 Å². The molecule has 1 amide bonds. The minimum absolute atomic E-state index is 0. The lowest BCUT2D eigenvalue weighted by atomic mass is 9.94. The minimum Gasteiger partial charge on any atom is -0.508 e. The van der Waals surface area contributed by atoms with E-state index in [-0.39, 0.29) is 70.5 Å². The van der Waals surface area contributed by atoms with Gasteiger partial charge in [-0.05, 0) is 73.6 Å². The Balaban J connectivity index is 0.00000465. The van der Waals surface area contributed by atoms with Crippen LogP contribution in [0.4, 0.5) is 20.2 Å². The fourth-order valence-corrected chi connectivity index (χ4v) is 15.3. The lowest BCUT2D eigenvalue weighted by molar-refractivity contribution is -0.121. The number of halogens is 3. The smallest absolute Gasteiger partial charge is 0.251 e. The Morgan fingerprint density at radius 1 is 1.05 bits per heavy atom. The van der Waals surface area contributed by atoms with Gasteiger partial charge in [0.2, 0.25) is 5.88 Å². The first-order valence-corrected chi connectivity index (χ1v) is 21.6. The number of pyridine rings is 2. The van der Waals surface area contributed by atoms with Crippen molar-refractivity contribution in [3.05, 3.63) is 47.7 Å². The predicted molar refractivity (Wildman–Crippen MR) is 220 cm³/mol. The van der Waals surface area contributed by atoms with Crippen molar-refractivity contribution >= 4 is 59.4 Å². The largest absolute Gasteiger partial charge is 0.508 e. The second-order valence-electron chi connectivity index (χ2n) is 16.7. The van der Waals surface area contributed by atoms with Gasteiger partial charge in [0.1, 0.15) is 48.7 Å². The van der Waals surface area contributed by atoms with Gasteiger partial charge in [-0.1, -0.05) is 53.5 Å². The highest BCUT2D eigenvalue weighted by Crippen LogP contribution is 2.51. The van der Waals surface area contributed by atoms with Crippen LogP contribution < -0.4 is 19.9 Å². The van der Waals surface area contributed by atoms with Crippen molar-refractivity contribution in [2.45, 2.75) is 102 Å². The molecule has 0 spiro atoms. The quantitative estimate of drug-likeness (QED) is 0.157. The monoisotopic (exact) mass is 788 g/mol. The molecule has 4 aliphatic heterocycles. The standard InChI is InChI=1S/C42H50F2N6O3Si.ClH/c1-22(2)54(23(3)4,24(5)6)15-13-28-31(43)12-11-26-16-27(51)17-29(35(26)28)37-36(44)38-30(18-46-37)39-40-41(47-38)53-34(32-10-9-14-48(32)8)21-50(40)42(52)33-19-45-25(7)20-49(33)39;/h11-12,16-18,22-25,32-34,45,51H,9-10,14,19-21H2,1-8H3;1H/t25-,32+,33-,34-;/m1./s1. The lowest BCUT2D eigenvalue weighted by Gasteiger charge is -2.50. The summed E-state index contributed by atoms with van der Waals surface area (Å²) in [5.41, 5.74) is 6.20. The molecule has 2 aromatic carbocycles. The van der Waals surface area contributed by atoms with Crippen molar-refractivity contribution in [3.63, 3.8) is 0 Å². The average molecular weight is 789 g/mol. The number of nitrogens with one attached hydrogen (secondary N) is 1. The van der Waals surface area contributed by atoms with E-state index in [9.17, 15) is 9.90 Å². The Labute approximate surface area is 329 Å². The molecule has 2 fully saturated rings. The molecule has 4 atom stereocenters. The van der Waals surface area contributed by atoms with Crippen molar-refractivity contribution in [3.8, 4) is 34.4 Å². The van der Waals surface area contributed by atoms with Crippen LogP contribution in [0.5, 0.6) is 11.6 Å². The molecule has 4 aromatic rings. The number of carbonyl (C=O) groups excluding carboxylic acids is 1. The van der Waals surface area contributed by atoms with E-state index in [1.807, 2.05) is 0 Å². The number of phenolic OH excluding ortho intramolecular Hbond substituents is 1. The van der Waals surface area contributed by atoms with Gasteiger partial charge in [0.25, 0.3) is 5.91 Å². The molecule has 8 rings (SSSR count). The van der Waals surface area contributed by atoms with E-state index in [1.165, 1.54) is 12.1 Å². The summed E-state index contributed by atoms with van der Waals surface area (Å²) in [5, 5.41) is 15.8. The van der Waals surface area contributed by atoms with Crippen molar-refractivity contribution in [1.29, 1.82) is 0 Å². The van der Waals surface area contributed by atoms with Crippen molar-refractivity contribution in [2.24, 2.45) is 0 Å². The van der Waals surface area contributed by atoms with Gasteiger partial charge in [-0.2, -0.15) is 0 Å². The molecule has 9 nitrogen and oxygen atoms in total. The molecule has 0 aliphatic carbocycles. The van der Waals surface area contributed by atoms with Crippen LogP contribution in [0.15, 0.2) is 30.5 Å². The summed E-state index contributed by atoms with van der Waals surface area (Å²) >= 11 is 0. The van der Waals surface area contributed by atoms with Crippen LogP contribution in [-0.4, -0.2) is 91.4 Å². The van der Waals surface area contributed by atoms with Gasteiger partial charge in [-0.3, -0.25) is 14.7 Å². The SMILES string of the molecule is CC(C)[Si](C#Cc1c(F)ccc2cc(O)cc(-c3ncc4c5c6c(nc4c3F)O[C@@H]([C@@H]3CCCN3C)CN6C(=O)[C@H]3CN[C@H](C)CN53)c12)(C(C)C)C(C)C.Cl. The van der Waals surface area contributed by atoms with Crippen molar-refractivity contribution in [1.82, 2.24) is 20.2 Å². The van der Waals surface area contributed by atoms with Crippen LogP contribution >= 0.6 is 12.4 Å². The van der Waals surface area contributed by atoms with E-state index in [0.717, 1.165) is 19.4 Å². The number of hydrogen-bond acceptors (Lipinski definition) is 8. The topological polar surface area (TPSA) is 94.1 Å². The number of piperazine rings is 1. The summed E-state index contributed by atoms with van der Waals surface area (Å²) < 4.78 is 40.2. The van der Waals surface area contributed by atoms with Crippen LogP contribution in [-0.2, 0) is 4.79 Å². The third-order valence-corrected chi connectivity index (χ3v) is 19.0. The molecule has 292 valence electrons. The van der Waals surface area contributed by atoms with E-state index in [2.05, 4.69) is 82.1 Å². The third kappa shape index (κ3) is 6.13. The van der Waals surface area contributed by atoms with Gasteiger partial charge in [-0.25, -0.2) is 13.8 Å². The van der Waals surface area contributed by atoms with Gasteiger partial charge in [0, 0.05) is 47.7 Å². The van der Waals surface area contributed by atoms with Crippen LogP contribution in [0.1, 0.15) is 66.9 Å². The summed E-state index contributed by atoms with van der Waals surface area (Å²) in [5.74, 6) is 2.15. The maximum absolute atomic E-state index is 17.5. The molecule has 4 aliphatic rings. The van der Waals surface area contributed by atoms with Crippen molar-refractivity contribution in [2.75, 3.05) is 43.0 Å². The first-order chi connectivity index (χ1) is 25.7. The number of aromatic nitrogens is 2. The van der Waals surface area contributed by atoms with E-state index in [1.54, 1.807) is 23.2 Å². The zero-order valence-corrected chi connectivity index (χ0v) is 34.7. The molecule has 0 saturated carbocycles. The molecule has 2 aromatic heterocycles. The Morgan fingerprint density at radius 3 is 2.45 bits per heavy atom. The number of nitrogens with zero attached hydrogens (tertiary/aromatic N) is 5. The van der Waals surface area contributed by atoms with E-state index in [4.69, 9.17) is 14.7 Å². The number of hydrogen-bond donors (Lipinski definition) is 2. The highest BCUT2D eigenvalue weighted by atomic mass is 35.5. The van der Waals surface area contributed by atoms with Crippen LogP contribution in [0.25, 0.3) is 32.9 Å². The molecule has 0 bridgehead atoms. The number of benzene rings is 2. The molecule has 0 radical (unpaired) electrons. The molecule has 2 N–H and O–H groups in total. The van der Waals surface area contributed by atoms with Gasteiger partial charge in [-0.15, -0.1) is 18.0 Å². The highest BCUT2D eigenvalue weighted by Gasteiger charge is 2.49. The number of likely N-dealkylation sites (N-methyl/N-ethyl adjacent to an activating group) is 1. The van der Waals surface area contributed by atoms with Gasteiger partial charge in [0.15, 0.2) is 5.82 Å². The Morgan fingerprint density at radius 2 is 1.78 bits per heavy atom. The maximum atomic E-state index is 17.5. The Bertz CT molecular complexity index is 2240. The fourth-order valence-electron chi connectivity index (χ4n) is 10.1. The van der Waals surface area contributed by atoms with Crippen LogP contribution in [0.2, 0.25) is 16.6 Å². The lowest BCUT2D eigenvalue weighted by Crippen LogP contribution is -2.66. The third-order valence-electron chi connectivity index (χ3n) is 12.7. The fraction of sp³-hybridized carbons (Fsp3) is 0.500. The molecule has 55 heavy (non-hydrogen) atoms. The van der Waals surface area contributed by atoms with Crippen LogP contribution in [0.3, 0.4) is 0 Å². The van der Waals surface area contributed by atoms with Crippen molar-refractivity contribution < 1.29 is 23.4 Å². The summed E-state index contributed by atoms with van der Waals surface area (Å²) in [4.78, 5) is 29.8. The van der Waals surface area contributed by atoms with E-state index in [0.29, 0.717) is 63.8 Å². The molecule has 0 unspecified atom stereocenters. The number of aromatic hydroxyl groups is 1. The average Bonchev–Trinajstić information content (AvgIpc) is 3.56. The van der Waals surface area contributed by atoms with Gasteiger partial charge >= 0.3 is 0 Å². The highest BCUT2D eigenvalue weighted by molar-refractivity contribution is 6.90. The summed E-state index contributed by atoms with van der Waals surface area (Å²) in [7, 11) is -0.209. The summed E-state index contributed by atoms with van der Waals surface area (Å²) in [6, 6.07) is 5.61. The number of amides is 1. The first-order valence-electron chi connectivity index (χ1n) is 19.4. The van der Waals surface area contributed by atoms with Gasteiger partial charge < -0.3 is 25.0 Å². The van der Waals surface area contributed by atoms with E-state index >= 15 is 8.78 Å². The number of carbonyl (C=O) groups is 1. The Hall–Kier alpha value is -4.02. The van der Waals surface area contributed by atoms with E-state index < -0.39 is 25.8 Å². The predicted octanol–water partition coefficient (Wildman–Crippen LogP) is 7.79. The zero-order chi connectivity index (χ0) is 38.4. The molecule has 13 heteroatoms. The molecule has 6 heterocycles. The number of phenols is 1. The molecule has 2 saturated heterocycles. The number of anilines is 2.